The summed E-state index contributed by atoms with van der Waals surface area (Å²) < 4.78 is 0. The van der Waals surface area contributed by atoms with Gasteiger partial charge in [0.05, 0.1) is 11.9 Å². The van der Waals surface area contributed by atoms with Crippen LogP contribution in [0.1, 0.15) is 30.5 Å². The summed E-state index contributed by atoms with van der Waals surface area (Å²) in [5, 5.41) is 20.9. The van der Waals surface area contributed by atoms with Crippen LogP contribution >= 0.6 is 0 Å². The zero-order valence-corrected chi connectivity index (χ0v) is 30.1. The van der Waals surface area contributed by atoms with E-state index in [0.717, 1.165) is 11.3 Å². The maximum Gasteiger partial charge on any atom is 0.141 e. The number of nitrogens with two attached hydrogens (primary N) is 1. The van der Waals surface area contributed by atoms with E-state index >= 15 is 0 Å². The van der Waals surface area contributed by atoms with E-state index in [1.54, 1.807) is 6.20 Å². The van der Waals surface area contributed by atoms with Gasteiger partial charge in [0.15, 0.2) is 0 Å². The fraction of sp³-hybridized carbons (Fsp3) is 0.0588. The molecule has 8 aromatic carbocycles. The topological polar surface area (TPSA) is 42.4 Å². The van der Waals surface area contributed by atoms with Crippen LogP contribution in [0, 0.1) is 0 Å². The molecule has 11 rings (SSSR count). The molecular formula is C51H36N3+. The van der Waals surface area contributed by atoms with Gasteiger partial charge in [-0.15, -0.1) is 0 Å². The van der Waals surface area contributed by atoms with Crippen molar-refractivity contribution in [2.75, 3.05) is 0 Å². The largest absolute Gasteiger partial charge is 0.287 e. The van der Waals surface area contributed by atoms with Gasteiger partial charge in [0.1, 0.15) is 5.70 Å². The average Bonchev–Trinajstić information content (AvgIpc) is 3.84. The Balaban J connectivity index is 1.27. The molecule has 254 valence electrons. The minimum atomic E-state index is -0.229. The molecule has 3 nitrogen and oxygen atoms in total. The van der Waals surface area contributed by atoms with Gasteiger partial charge in [0, 0.05) is 28.8 Å². The Bertz CT molecular complexity index is 3100. The molecule has 0 saturated carbocycles. The van der Waals surface area contributed by atoms with Gasteiger partial charge in [0.25, 0.3) is 0 Å². The van der Waals surface area contributed by atoms with Crippen molar-refractivity contribution in [3.8, 4) is 44.6 Å². The van der Waals surface area contributed by atoms with Gasteiger partial charge < -0.3 is 0 Å². The molecule has 0 saturated heterocycles. The third-order valence-corrected chi connectivity index (χ3v) is 11.9. The van der Waals surface area contributed by atoms with Crippen molar-refractivity contribution in [2.45, 2.75) is 19.3 Å². The monoisotopic (exact) mass is 690 g/mol. The van der Waals surface area contributed by atoms with Crippen LogP contribution in [0.25, 0.3) is 93.4 Å². The Morgan fingerprint density at radius 2 is 1.11 bits per heavy atom. The van der Waals surface area contributed by atoms with Crippen LogP contribution in [-0.2, 0) is 5.41 Å². The summed E-state index contributed by atoms with van der Waals surface area (Å²) >= 11 is 0. The van der Waals surface area contributed by atoms with Gasteiger partial charge in [-0.25, -0.2) is 0 Å². The minimum absolute atomic E-state index is 0.229. The molecule has 9 aromatic rings. The summed E-state index contributed by atoms with van der Waals surface area (Å²) in [6, 6.07) is 54.3. The number of rotatable bonds is 4. The standard InChI is InChI=1S/C51H35N3/c1-51(2)45-28-36(48-14-8-24-53-54-48)19-21-39(45)41-29-43-44(30-46(41)51)50(38-18-16-32-10-4-6-12-34(32)26-38)42-27-35(47-13-7-23-52-47)20-22-40(42)49(43)37-17-15-31-9-3-5-11-33(31)25-37/h3-30,52H,1-2H3/p+1. The van der Waals surface area contributed by atoms with Gasteiger partial charge in [-0.3, -0.25) is 5.32 Å². The first kappa shape index (κ1) is 30.9. The predicted molar refractivity (Wildman–Crippen MR) is 225 cm³/mol. The zero-order chi connectivity index (χ0) is 36.0. The smallest absolute Gasteiger partial charge is 0.141 e. The van der Waals surface area contributed by atoms with Crippen LogP contribution in [0.2, 0.25) is 0 Å². The van der Waals surface area contributed by atoms with Gasteiger partial charge >= 0.3 is 0 Å². The normalized spacial score (nSPS) is 14.2. The summed E-state index contributed by atoms with van der Waals surface area (Å²) in [5.41, 5.74) is 14.5. The highest BCUT2D eigenvalue weighted by Gasteiger charge is 2.37. The molecule has 0 atom stereocenters. The lowest BCUT2D eigenvalue weighted by atomic mass is 9.79. The quantitative estimate of drug-likeness (QED) is 0.187. The molecule has 1 aromatic heterocycles. The van der Waals surface area contributed by atoms with E-state index in [1.807, 2.05) is 12.1 Å². The molecule has 2 N–H and O–H groups in total. The lowest BCUT2D eigenvalue weighted by Gasteiger charge is -2.24. The highest BCUT2D eigenvalue weighted by molar-refractivity contribution is 6.23. The SMILES string of the molecule is CC1(C)c2cc(-c3cccnn3)ccc2-c2cc3c(-c4ccc5ccccc5c4)c4ccc(C5=CC=C[NH2+]5)cc4c(-c4ccc5ccccc5c4)c3cc21. The second-order valence-electron chi connectivity index (χ2n) is 15.2. The lowest BCUT2D eigenvalue weighted by Crippen LogP contribution is -2.72. The maximum absolute atomic E-state index is 4.46. The van der Waals surface area contributed by atoms with E-state index in [9.17, 15) is 0 Å². The summed E-state index contributed by atoms with van der Waals surface area (Å²) in [6.07, 6.45) is 8.20. The minimum Gasteiger partial charge on any atom is -0.287 e. The van der Waals surface area contributed by atoms with E-state index in [4.69, 9.17) is 0 Å². The van der Waals surface area contributed by atoms with Crippen LogP contribution in [-0.4, -0.2) is 10.2 Å². The number of quaternary nitrogens is 1. The molecule has 2 aliphatic rings. The first-order chi connectivity index (χ1) is 26.5. The molecule has 0 amide bonds. The summed E-state index contributed by atoms with van der Waals surface area (Å²) in [6.45, 7) is 4.75. The highest BCUT2D eigenvalue weighted by Crippen LogP contribution is 2.54. The predicted octanol–water partition coefficient (Wildman–Crippen LogP) is 11.8. The molecule has 0 fully saturated rings. The molecule has 3 heteroatoms. The van der Waals surface area contributed by atoms with E-state index in [-0.39, 0.29) is 5.41 Å². The summed E-state index contributed by atoms with van der Waals surface area (Å²) in [5.74, 6) is 0. The van der Waals surface area contributed by atoms with Crippen molar-refractivity contribution in [2.24, 2.45) is 0 Å². The number of hydrogen-bond acceptors (Lipinski definition) is 2. The van der Waals surface area contributed by atoms with Crippen LogP contribution < -0.4 is 5.32 Å². The Morgan fingerprint density at radius 1 is 0.481 bits per heavy atom. The molecule has 54 heavy (non-hydrogen) atoms. The fourth-order valence-electron chi connectivity index (χ4n) is 9.13. The molecule has 1 aliphatic heterocycles. The van der Waals surface area contributed by atoms with Crippen LogP contribution in [0.5, 0.6) is 0 Å². The number of hydrogen-bond donors (Lipinski definition) is 1. The molecule has 0 unspecified atom stereocenters. The van der Waals surface area contributed by atoms with E-state index in [0.29, 0.717) is 0 Å². The van der Waals surface area contributed by atoms with Crippen molar-refractivity contribution in [3.05, 3.63) is 187 Å². The first-order valence-corrected chi connectivity index (χ1v) is 18.7. The second kappa shape index (κ2) is 11.7. The average molecular weight is 691 g/mol. The molecule has 0 spiro atoms. The van der Waals surface area contributed by atoms with Crippen LogP contribution in [0.4, 0.5) is 0 Å². The third kappa shape index (κ3) is 4.65. The number of fused-ring (bicyclic) bond motifs is 7. The Kier molecular flexibility index (Phi) is 6.67. The van der Waals surface area contributed by atoms with Crippen molar-refractivity contribution >= 4 is 48.8 Å². The number of nitrogens with zero attached hydrogens (tertiary/aromatic N) is 2. The first-order valence-electron chi connectivity index (χ1n) is 18.7. The van der Waals surface area contributed by atoms with Gasteiger partial charge in [-0.2, -0.15) is 10.2 Å². The van der Waals surface area contributed by atoms with Crippen molar-refractivity contribution in [1.29, 1.82) is 0 Å². The van der Waals surface area contributed by atoms with E-state index in [1.165, 1.54) is 98.9 Å². The zero-order valence-electron chi connectivity index (χ0n) is 30.1. The van der Waals surface area contributed by atoms with E-state index < -0.39 is 0 Å². The van der Waals surface area contributed by atoms with Crippen LogP contribution in [0.3, 0.4) is 0 Å². The maximum atomic E-state index is 4.46. The lowest BCUT2D eigenvalue weighted by molar-refractivity contribution is -0.483. The van der Waals surface area contributed by atoms with Gasteiger partial charge in [0.2, 0.25) is 0 Å². The molecule has 1 aliphatic carbocycles. The Labute approximate surface area is 314 Å². The second-order valence-corrected chi connectivity index (χ2v) is 15.2. The summed E-state index contributed by atoms with van der Waals surface area (Å²) in [4.78, 5) is 0. The molecule has 2 heterocycles. The number of aromatic nitrogens is 2. The fourth-order valence-corrected chi connectivity index (χ4v) is 9.13. The Hall–Kier alpha value is -6.68. The molecular weight excluding hydrogens is 655 g/mol. The third-order valence-electron chi connectivity index (χ3n) is 11.9. The molecule has 0 radical (unpaired) electrons. The Morgan fingerprint density at radius 3 is 1.80 bits per heavy atom. The highest BCUT2D eigenvalue weighted by atomic mass is 15.1. The van der Waals surface area contributed by atoms with Gasteiger partial charge in [-0.1, -0.05) is 105 Å². The number of allylic oxidation sites excluding steroid dienone is 2. The van der Waals surface area contributed by atoms with Crippen molar-refractivity contribution in [3.63, 3.8) is 0 Å². The number of benzene rings is 8. The van der Waals surface area contributed by atoms with E-state index in [2.05, 4.69) is 181 Å². The van der Waals surface area contributed by atoms with Crippen LogP contribution in [0.15, 0.2) is 170 Å². The summed E-state index contributed by atoms with van der Waals surface area (Å²) in [7, 11) is 0. The molecule has 0 bridgehead atoms. The van der Waals surface area contributed by atoms with Crippen molar-refractivity contribution < 1.29 is 5.32 Å². The van der Waals surface area contributed by atoms with Gasteiger partial charge in [-0.05, 0) is 148 Å². The van der Waals surface area contributed by atoms with Crippen molar-refractivity contribution in [1.82, 2.24) is 10.2 Å².